The van der Waals surface area contributed by atoms with Crippen LogP contribution < -0.4 is 14.8 Å². The standard InChI is InChI=1S/C18H21NO4S/c1-22-15-7-6-14(17(11-15)23-2)12-19-18(20)10-13-4-8-16(9-5-13)24(3)21/h4-9,11H,10,12H2,1-3H3,(H,19,20). The van der Waals surface area contributed by atoms with Gasteiger partial charge in [0.2, 0.25) is 5.91 Å². The highest BCUT2D eigenvalue weighted by atomic mass is 32.2. The van der Waals surface area contributed by atoms with E-state index in [1.807, 2.05) is 24.3 Å². The zero-order chi connectivity index (χ0) is 17.5. The summed E-state index contributed by atoms with van der Waals surface area (Å²) in [5.74, 6) is 1.29. The van der Waals surface area contributed by atoms with Gasteiger partial charge in [0.05, 0.1) is 20.6 Å². The molecule has 0 aliphatic carbocycles. The average molecular weight is 347 g/mol. The molecule has 0 aromatic heterocycles. The number of methoxy groups -OCH3 is 2. The summed E-state index contributed by atoms with van der Waals surface area (Å²) in [5, 5.41) is 2.88. The second-order valence-electron chi connectivity index (χ2n) is 5.23. The van der Waals surface area contributed by atoms with Crippen LogP contribution in [0.25, 0.3) is 0 Å². The number of carbonyl (C=O) groups excluding carboxylic acids is 1. The largest absolute Gasteiger partial charge is 0.497 e. The molecule has 0 aliphatic rings. The number of carbonyl (C=O) groups is 1. The predicted molar refractivity (Wildman–Crippen MR) is 93.9 cm³/mol. The molecule has 1 amide bonds. The van der Waals surface area contributed by atoms with Gasteiger partial charge in [-0.3, -0.25) is 9.00 Å². The molecule has 5 nitrogen and oxygen atoms in total. The van der Waals surface area contributed by atoms with Crippen molar-refractivity contribution >= 4 is 16.7 Å². The number of benzene rings is 2. The molecule has 1 unspecified atom stereocenters. The summed E-state index contributed by atoms with van der Waals surface area (Å²) in [4.78, 5) is 12.8. The average Bonchev–Trinajstić information content (AvgIpc) is 2.60. The first-order valence-electron chi connectivity index (χ1n) is 7.43. The van der Waals surface area contributed by atoms with Crippen molar-refractivity contribution in [1.29, 1.82) is 0 Å². The van der Waals surface area contributed by atoms with Crippen LogP contribution in [-0.2, 0) is 28.6 Å². The molecular weight excluding hydrogens is 326 g/mol. The summed E-state index contributed by atoms with van der Waals surface area (Å²) in [6.07, 6.45) is 1.90. The van der Waals surface area contributed by atoms with E-state index in [-0.39, 0.29) is 12.3 Å². The van der Waals surface area contributed by atoms with Crippen molar-refractivity contribution in [2.75, 3.05) is 20.5 Å². The number of hydrogen-bond donors (Lipinski definition) is 1. The molecule has 0 spiro atoms. The van der Waals surface area contributed by atoms with Crippen LogP contribution >= 0.6 is 0 Å². The lowest BCUT2D eigenvalue weighted by atomic mass is 10.1. The minimum absolute atomic E-state index is 0.0850. The van der Waals surface area contributed by atoms with E-state index >= 15 is 0 Å². The zero-order valence-electron chi connectivity index (χ0n) is 14.0. The Kier molecular flexibility index (Phi) is 6.37. The van der Waals surface area contributed by atoms with Crippen molar-refractivity contribution in [3.63, 3.8) is 0 Å². The molecule has 0 heterocycles. The van der Waals surface area contributed by atoms with Gasteiger partial charge in [-0.1, -0.05) is 12.1 Å². The number of amides is 1. The SMILES string of the molecule is COc1ccc(CNC(=O)Cc2ccc(S(C)=O)cc2)c(OC)c1. The van der Waals surface area contributed by atoms with E-state index in [0.717, 1.165) is 16.0 Å². The summed E-state index contributed by atoms with van der Waals surface area (Å²) in [5.41, 5.74) is 1.76. The quantitative estimate of drug-likeness (QED) is 0.835. The molecule has 24 heavy (non-hydrogen) atoms. The lowest BCUT2D eigenvalue weighted by Crippen LogP contribution is -2.24. The maximum atomic E-state index is 12.1. The third kappa shape index (κ3) is 4.83. The van der Waals surface area contributed by atoms with Gasteiger partial charge in [-0.05, 0) is 29.8 Å². The van der Waals surface area contributed by atoms with Gasteiger partial charge in [-0.25, -0.2) is 0 Å². The van der Waals surface area contributed by atoms with Crippen LogP contribution in [0, 0.1) is 0 Å². The second-order valence-corrected chi connectivity index (χ2v) is 6.61. The molecule has 0 saturated heterocycles. The fraction of sp³-hybridized carbons (Fsp3) is 0.278. The van der Waals surface area contributed by atoms with E-state index < -0.39 is 10.8 Å². The summed E-state index contributed by atoms with van der Waals surface area (Å²) in [6, 6.07) is 12.7. The van der Waals surface area contributed by atoms with Crippen LogP contribution in [0.15, 0.2) is 47.4 Å². The third-order valence-corrected chi connectivity index (χ3v) is 4.53. The van der Waals surface area contributed by atoms with Crippen LogP contribution in [0.4, 0.5) is 0 Å². The Morgan fingerprint density at radius 2 is 1.79 bits per heavy atom. The molecule has 0 fully saturated rings. The monoisotopic (exact) mass is 347 g/mol. The summed E-state index contributed by atoms with van der Waals surface area (Å²) in [6.45, 7) is 0.378. The van der Waals surface area contributed by atoms with Gasteiger partial charge in [-0.2, -0.15) is 0 Å². The van der Waals surface area contributed by atoms with E-state index in [1.165, 1.54) is 0 Å². The van der Waals surface area contributed by atoms with Gasteiger partial charge in [0, 0.05) is 40.1 Å². The Labute approximate surface area is 144 Å². The van der Waals surface area contributed by atoms with Crippen molar-refractivity contribution in [3.8, 4) is 11.5 Å². The van der Waals surface area contributed by atoms with Crippen LogP contribution in [-0.4, -0.2) is 30.6 Å². The Morgan fingerprint density at radius 3 is 2.38 bits per heavy atom. The Hall–Kier alpha value is -2.34. The topological polar surface area (TPSA) is 64.6 Å². The molecule has 0 bridgehead atoms. The van der Waals surface area contributed by atoms with E-state index in [1.54, 1.807) is 38.7 Å². The van der Waals surface area contributed by atoms with Gasteiger partial charge in [0.25, 0.3) is 0 Å². The van der Waals surface area contributed by atoms with E-state index in [4.69, 9.17) is 9.47 Å². The Balaban J connectivity index is 1.94. The van der Waals surface area contributed by atoms with Gasteiger partial charge in [0.1, 0.15) is 11.5 Å². The minimum atomic E-state index is -1.01. The zero-order valence-corrected chi connectivity index (χ0v) is 14.8. The van der Waals surface area contributed by atoms with Crippen LogP contribution in [0.2, 0.25) is 0 Å². The van der Waals surface area contributed by atoms with Crippen LogP contribution in [0.1, 0.15) is 11.1 Å². The highest BCUT2D eigenvalue weighted by Crippen LogP contribution is 2.24. The third-order valence-electron chi connectivity index (χ3n) is 3.59. The first kappa shape index (κ1) is 18.0. The van der Waals surface area contributed by atoms with Crippen molar-refractivity contribution in [2.24, 2.45) is 0 Å². The molecule has 1 atom stereocenters. The van der Waals surface area contributed by atoms with Crippen LogP contribution in [0.3, 0.4) is 0 Å². The van der Waals surface area contributed by atoms with E-state index in [9.17, 15) is 9.00 Å². The molecule has 2 rings (SSSR count). The van der Waals surface area contributed by atoms with Gasteiger partial charge in [0.15, 0.2) is 0 Å². The number of rotatable bonds is 7. The van der Waals surface area contributed by atoms with Crippen molar-refractivity contribution < 1.29 is 18.5 Å². The smallest absolute Gasteiger partial charge is 0.224 e. The fourth-order valence-electron chi connectivity index (χ4n) is 2.24. The van der Waals surface area contributed by atoms with Crippen molar-refractivity contribution in [2.45, 2.75) is 17.9 Å². The molecule has 2 aromatic carbocycles. The van der Waals surface area contributed by atoms with Gasteiger partial charge in [-0.15, -0.1) is 0 Å². The summed E-state index contributed by atoms with van der Waals surface area (Å²) >= 11 is 0. The molecule has 0 aliphatic heterocycles. The Morgan fingerprint density at radius 1 is 1.08 bits per heavy atom. The first-order valence-corrected chi connectivity index (χ1v) is 8.99. The molecule has 1 N–H and O–H groups in total. The molecule has 128 valence electrons. The fourth-order valence-corrected chi connectivity index (χ4v) is 2.76. The van der Waals surface area contributed by atoms with Gasteiger partial charge < -0.3 is 14.8 Å². The highest BCUT2D eigenvalue weighted by molar-refractivity contribution is 7.84. The minimum Gasteiger partial charge on any atom is -0.497 e. The van der Waals surface area contributed by atoms with Crippen LogP contribution in [0.5, 0.6) is 11.5 Å². The summed E-state index contributed by atoms with van der Waals surface area (Å²) < 4.78 is 21.8. The van der Waals surface area contributed by atoms with Crippen molar-refractivity contribution in [1.82, 2.24) is 5.32 Å². The molecule has 6 heteroatoms. The maximum Gasteiger partial charge on any atom is 0.224 e. The number of ether oxygens (including phenoxy) is 2. The molecule has 0 saturated carbocycles. The van der Waals surface area contributed by atoms with E-state index in [0.29, 0.717) is 18.0 Å². The molecule has 0 radical (unpaired) electrons. The normalized spacial score (nSPS) is 11.6. The summed E-state index contributed by atoms with van der Waals surface area (Å²) in [7, 11) is 2.17. The van der Waals surface area contributed by atoms with Gasteiger partial charge >= 0.3 is 0 Å². The highest BCUT2D eigenvalue weighted by Gasteiger charge is 2.08. The predicted octanol–water partition coefficient (Wildman–Crippen LogP) is 2.30. The number of nitrogens with one attached hydrogen (secondary N) is 1. The number of hydrogen-bond acceptors (Lipinski definition) is 4. The molecular formula is C18H21NO4S. The lowest BCUT2D eigenvalue weighted by molar-refractivity contribution is -0.120. The lowest BCUT2D eigenvalue weighted by Gasteiger charge is -2.11. The second kappa shape index (κ2) is 8.49. The maximum absolute atomic E-state index is 12.1. The van der Waals surface area contributed by atoms with E-state index in [2.05, 4.69) is 5.32 Å². The Bertz CT molecular complexity index is 728. The molecule has 2 aromatic rings. The van der Waals surface area contributed by atoms with Crippen molar-refractivity contribution in [3.05, 3.63) is 53.6 Å². The first-order chi connectivity index (χ1) is 11.5.